The smallest absolute Gasteiger partial charge is 0.307 e. The van der Waals surface area contributed by atoms with Crippen molar-refractivity contribution in [2.24, 2.45) is 0 Å². The molecule has 1 N–H and O–H groups in total. The molecule has 0 atom stereocenters. The summed E-state index contributed by atoms with van der Waals surface area (Å²) in [7, 11) is 0. The Morgan fingerprint density at radius 2 is 2.15 bits per heavy atom. The van der Waals surface area contributed by atoms with Gasteiger partial charge in [-0.2, -0.15) is 0 Å². The number of aromatic nitrogens is 1. The van der Waals surface area contributed by atoms with Crippen LogP contribution in [-0.4, -0.2) is 16.3 Å². The Labute approximate surface area is 120 Å². The lowest BCUT2D eigenvalue weighted by atomic mass is 10.1. The van der Waals surface area contributed by atoms with Gasteiger partial charge in [-0.1, -0.05) is 29.2 Å². The van der Waals surface area contributed by atoms with Crippen molar-refractivity contribution >= 4 is 11.3 Å². The van der Waals surface area contributed by atoms with Crippen LogP contribution in [0.5, 0.6) is 0 Å². The molecule has 1 aromatic carbocycles. The maximum Gasteiger partial charge on any atom is 0.307 e. The van der Waals surface area contributed by atoms with Gasteiger partial charge in [-0.3, -0.25) is 9.36 Å². The molecular weight excluding hydrogens is 277 g/mol. The SMILES string of the molecule is Cc1sc(=O)n(Cc2ccc(C#CCO)cc2F)c1C. The zero-order valence-corrected chi connectivity index (χ0v) is 12.1. The van der Waals surface area contributed by atoms with E-state index in [1.54, 1.807) is 16.7 Å². The summed E-state index contributed by atoms with van der Waals surface area (Å²) in [6.45, 7) is 3.69. The minimum absolute atomic E-state index is 0.0800. The number of hydrogen-bond donors (Lipinski definition) is 1. The molecule has 0 amide bonds. The molecule has 1 aromatic heterocycles. The van der Waals surface area contributed by atoms with Gasteiger partial charge < -0.3 is 5.11 Å². The van der Waals surface area contributed by atoms with Gasteiger partial charge in [0.25, 0.3) is 0 Å². The number of aliphatic hydroxyl groups is 1. The van der Waals surface area contributed by atoms with Crippen LogP contribution in [0.1, 0.15) is 21.7 Å². The van der Waals surface area contributed by atoms with E-state index < -0.39 is 5.82 Å². The van der Waals surface area contributed by atoms with E-state index >= 15 is 0 Å². The van der Waals surface area contributed by atoms with Crippen LogP contribution in [-0.2, 0) is 6.54 Å². The van der Waals surface area contributed by atoms with Gasteiger partial charge in [0.15, 0.2) is 0 Å². The Hall–Kier alpha value is -1.90. The first kappa shape index (κ1) is 14.5. The van der Waals surface area contributed by atoms with Crippen LogP contribution < -0.4 is 4.87 Å². The molecule has 0 aliphatic rings. The summed E-state index contributed by atoms with van der Waals surface area (Å²) in [5.74, 6) is 4.72. The van der Waals surface area contributed by atoms with Crippen molar-refractivity contribution in [3.8, 4) is 11.8 Å². The van der Waals surface area contributed by atoms with E-state index in [1.807, 2.05) is 13.8 Å². The second-order valence-electron chi connectivity index (χ2n) is 4.36. The molecule has 0 spiro atoms. The molecule has 1 heterocycles. The summed E-state index contributed by atoms with van der Waals surface area (Å²) in [6.07, 6.45) is 0. The largest absolute Gasteiger partial charge is 0.384 e. The molecule has 0 bridgehead atoms. The molecule has 20 heavy (non-hydrogen) atoms. The normalized spacial score (nSPS) is 10.2. The highest BCUT2D eigenvalue weighted by molar-refractivity contribution is 7.09. The summed E-state index contributed by atoms with van der Waals surface area (Å²) in [5, 5.41) is 8.61. The standard InChI is InChI=1S/C15H14FNO2S/c1-10-11(2)20-15(19)17(10)9-13-6-5-12(4-3-7-18)8-14(13)16/h5-6,8,18H,7,9H2,1-2H3. The Morgan fingerprint density at radius 1 is 1.40 bits per heavy atom. The first-order valence-electron chi connectivity index (χ1n) is 6.08. The predicted octanol–water partition coefficient (Wildman–Crippen LogP) is 2.06. The third-order valence-corrected chi connectivity index (χ3v) is 4.07. The lowest BCUT2D eigenvalue weighted by molar-refractivity contribution is 0.350. The van der Waals surface area contributed by atoms with Gasteiger partial charge in [0.2, 0.25) is 0 Å². The van der Waals surface area contributed by atoms with Crippen molar-refractivity contribution in [1.82, 2.24) is 4.57 Å². The second kappa shape index (κ2) is 6.04. The van der Waals surface area contributed by atoms with E-state index in [-0.39, 0.29) is 18.0 Å². The average molecular weight is 291 g/mol. The summed E-state index contributed by atoms with van der Waals surface area (Å²) < 4.78 is 15.6. The van der Waals surface area contributed by atoms with Crippen molar-refractivity contribution in [2.75, 3.05) is 6.61 Å². The summed E-state index contributed by atoms with van der Waals surface area (Å²) in [6, 6.07) is 4.62. The van der Waals surface area contributed by atoms with E-state index in [9.17, 15) is 9.18 Å². The van der Waals surface area contributed by atoms with Gasteiger partial charge in [-0.25, -0.2) is 4.39 Å². The Morgan fingerprint density at radius 3 is 2.70 bits per heavy atom. The molecule has 0 radical (unpaired) electrons. The van der Waals surface area contributed by atoms with Crippen LogP contribution in [0.15, 0.2) is 23.0 Å². The molecule has 3 nitrogen and oxygen atoms in total. The number of rotatable bonds is 2. The molecule has 2 rings (SSSR count). The lowest BCUT2D eigenvalue weighted by Gasteiger charge is -2.07. The third kappa shape index (κ3) is 2.98. The van der Waals surface area contributed by atoms with Crippen LogP contribution in [0, 0.1) is 31.5 Å². The van der Waals surface area contributed by atoms with Crippen molar-refractivity contribution in [3.05, 3.63) is 55.4 Å². The van der Waals surface area contributed by atoms with Gasteiger partial charge in [0.1, 0.15) is 12.4 Å². The molecule has 0 saturated heterocycles. The number of halogens is 1. The quantitative estimate of drug-likeness (QED) is 0.861. The highest BCUT2D eigenvalue weighted by Gasteiger charge is 2.10. The number of nitrogens with zero attached hydrogens (tertiary/aromatic N) is 1. The molecule has 104 valence electrons. The molecule has 0 aliphatic heterocycles. The predicted molar refractivity (Wildman–Crippen MR) is 77.5 cm³/mol. The maximum atomic E-state index is 14.0. The van der Waals surface area contributed by atoms with Gasteiger partial charge in [0.05, 0.1) is 6.54 Å². The molecule has 0 unspecified atom stereocenters. The molecular formula is C15H14FNO2S. The number of thiazole rings is 1. The van der Waals surface area contributed by atoms with Gasteiger partial charge in [0, 0.05) is 21.7 Å². The van der Waals surface area contributed by atoms with Crippen molar-refractivity contribution in [3.63, 3.8) is 0 Å². The zero-order valence-electron chi connectivity index (χ0n) is 11.2. The fourth-order valence-corrected chi connectivity index (χ4v) is 2.67. The number of aliphatic hydroxyl groups excluding tert-OH is 1. The van der Waals surface area contributed by atoms with Crippen LogP contribution in [0.4, 0.5) is 4.39 Å². The van der Waals surface area contributed by atoms with Crippen molar-refractivity contribution in [2.45, 2.75) is 20.4 Å². The highest BCUT2D eigenvalue weighted by Crippen LogP contribution is 2.15. The molecule has 0 fully saturated rings. The van der Waals surface area contributed by atoms with Crippen molar-refractivity contribution in [1.29, 1.82) is 0 Å². The second-order valence-corrected chi connectivity index (χ2v) is 5.53. The summed E-state index contributed by atoms with van der Waals surface area (Å²) in [5.41, 5.74) is 1.82. The molecule has 0 saturated carbocycles. The lowest BCUT2D eigenvalue weighted by Crippen LogP contribution is -2.16. The number of benzene rings is 1. The number of hydrogen-bond acceptors (Lipinski definition) is 3. The fourth-order valence-electron chi connectivity index (χ4n) is 1.84. The molecule has 2 aromatic rings. The Bertz CT molecular complexity index is 749. The maximum absolute atomic E-state index is 14.0. The van der Waals surface area contributed by atoms with E-state index in [0.717, 1.165) is 10.6 Å². The van der Waals surface area contributed by atoms with Gasteiger partial charge in [-0.15, -0.1) is 0 Å². The summed E-state index contributed by atoms with van der Waals surface area (Å²) >= 11 is 1.17. The van der Waals surface area contributed by atoms with Crippen LogP contribution in [0.3, 0.4) is 0 Å². The van der Waals surface area contributed by atoms with Crippen LogP contribution in [0.2, 0.25) is 0 Å². The minimum atomic E-state index is -0.398. The van der Waals surface area contributed by atoms with E-state index in [2.05, 4.69) is 11.8 Å². The first-order chi connectivity index (χ1) is 9.52. The third-order valence-electron chi connectivity index (χ3n) is 3.07. The van der Waals surface area contributed by atoms with Crippen molar-refractivity contribution < 1.29 is 9.50 Å². The van der Waals surface area contributed by atoms with Crippen LogP contribution >= 0.6 is 11.3 Å². The fraction of sp³-hybridized carbons (Fsp3) is 0.267. The minimum Gasteiger partial charge on any atom is -0.384 e. The Kier molecular flexibility index (Phi) is 4.38. The van der Waals surface area contributed by atoms with Gasteiger partial charge >= 0.3 is 4.87 Å². The topological polar surface area (TPSA) is 42.2 Å². The van der Waals surface area contributed by atoms with E-state index in [4.69, 9.17) is 5.11 Å². The van der Waals surface area contributed by atoms with Gasteiger partial charge in [-0.05, 0) is 26.0 Å². The van der Waals surface area contributed by atoms with E-state index in [0.29, 0.717) is 11.1 Å². The van der Waals surface area contributed by atoms with E-state index in [1.165, 1.54) is 17.4 Å². The first-order valence-corrected chi connectivity index (χ1v) is 6.89. The number of aryl methyl sites for hydroxylation is 1. The average Bonchev–Trinajstić information content (AvgIpc) is 2.65. The van der Waals surface area contributed by atoms with Crippen LogP contribution in [0.25, 0.3) is 0 Å². The zero-order chi connectivity index (χ0) is 14.7. The molecule has 5 heteroatoms. The summed E-state index contributed by atoms with van der Waals surface area (Å²) in [4.78, 5) is 12.7. The molecule has 0 aliphatic carbocycles. The monoisotopic (exact) mass is 291 g/mol. The Balaban J connectivity index is 2.33. The highest BCUT2D eigenvalue weighted by atomic mass is 32.1.